The second-order valence-corrected chi connectivity index (χ2v) is 10.9. The molecule has 0 amide bonds. The molecular formula is C27H24F3NO3S. The number of nitrogens with zero attached hydrogens (tertiary/aromatic N) is 1. The summed E-state index contributed by atoms with van der Waals surface area (Å²) in [4.78, 5) is 0.199. The van der Waals surface area contributed by atoms with Crippen LogP contribution in [-0.2, 0) is 21.6 Å². The molecule has 0 fully saturated rings. The first-order valence-corrected chi connectivity index (χ1v) is 12.7. The molecule has 0 spiro atoms. The number of halogens is 3. The molecule has 0 radical (unpaired) electrons. The predicted octanol–water partition coefficient (Wildman–Crippen LogP) is 6.46. The summed E-state index contributed by atoms with van der Waals surface area (Å²) in [6, 6.07) is 20.5. The number of benzene rings is 3. The van der Waals surface area contributed by atoms with Crippen LogP contribution in [0.1, 0.15) is 25.0 Å². The van der Waals surface area contributed by atoms with Gasteiger partial charge in [-0.25, -0.2) is 8.42 Å². The van der Waals surface area contributed by atoms with Crippen molar-refractivity contribution in [1.82, 2.24) is 4.57 Å². The number of rotatable bonds is 5. The van der Waals surface area contributed by atoms with E-state index in [-0.39, 0.29) is 10.5 Å². The normalized spacial score (nSPS) is 12.7. The summed E-state index contributed by atoms with van der Waals surface area (Å²) >= 11 is 0. The van der Waals surface area contributed by atoms with Crippen LogP contribution in [0.4, 0.5) is 13.2 Å². The molecule has 182 valence electrons. The summed E-state index contributed by atoms with van der Waals surface area (Å²) in [6.07, 6.45) is -1.78. The van der Waals surface area contributed by atoms with Crippen molar-refractivity contribution in [2.24, 2.45) is 0 Å². The van der Waals surface area contributed by atoms with Crippen molar-refractivity contribution in [3.63, 3.8) is 0 Å². The fraction of sp³-hybridized carbons (Fsp3) is 0.185. The van der Waals surface area contributed by atoms with Gasteiger partial charge in [-0.1, -0.05) is 42.5 Å². The molecule has 35 heavy (non-hydrogen) atoms. The molecule has 0 aliphatic carbocycles. The number of aliphatic hydroxyl groups is 1. The van der Waals surface area contributed by atoms with E-state index in [0.29, 0.717) is 22.5 Å². The Labute approximate surface area is 202 Å². The molecule has 0 aliphatic rings. The molecule has 0 saturated carbocycles. The van der Waals surface area contributed by atoms with E-state index >= 15 is 0 Å². The summed E-state index contributed by atoms with van der Waals surface area (Å²) in [6.45, 7) is 3.15. The summed E-state index contributed by atoms with van der Waals surface area (Å²) in [5.41, 5.74) is 0.778. The maximum atomic E-state index is 13.8. The van der Waals surface area contributed by atoms with Crippen LogP contribution in [0.3, 0.4) is 0 Å². The number of sulfone groups is 1. The maximum absolute atomic E-state index is 13.8. The first-order chi connectivity index (χ1) is 16.2. The van der Waals surface area contributed by atoms with E-state index < -0.39 is 27.2 Å². The van der Waals surface area contributed by atoms with Gasteiger partial charge in [-0.05, 0) is 61.4 Å². The molecule has 0 aliphatic heterocycles. The molecule has 1 N–H and O–H groups in total. The second-order valence-electron chi connectivity index (χ2n) is 8.93. The van der Waals surface area contributed by atoms with Gasteiger partial charge in [0, 0.05) is 29.3 Å². The molecule has 0 saturated heterocycles. The van der Waals surface area contributed by atoms with Crippen LogP contribution in [0, 0.1) is 0 Å². The third kappa shape index (κ3) is 5.18. The van der Waals surface area contributed by atoms with Crippen molar-refractivity contribution < 1.29 is 26.7 Å². The van der Waals surface area contributed by atoms with Gasteiger partial charge < -0.3 is 9.67 Å². The maximum Gasteiger partial charge on any atom is 0.417 e. The Morgan fingerprint density at radius 1 is 0.829 bits per heavy atom. The zero-order valence-corrected chi connectivity index (χ0v) is 20.2. The Bertz CT molecular complexity index is 1480. The molecular weight excluding hydrogens is 475 g/mol. The smallest absolute Gasteiger partial charge is 0.386 e. The average Bonchev–Trinajstić information content (AvgIpc) is 3.24. The van der Waals surface area contributed by atoms with Crippen LogP contribution in [0.15, 0.2) is 90.0 Å². The van der Waals surface area contributed by atoms with E-state index in [1.165, 1.54) is 18.2 Å². The lowest BCUT2D eigenvalue weighted by Crippen LogP contribution is -2.14. The van der Waals surface area contributed by atoms with Crippen LogP contribution in [0.2, 0.25) is 0 Å². The Hall–Kier alpha value is -3.36. The number of hydrogen-bond acceptors (Lipinski definition) is 3. The average molecular weight is 500 g/mol. The molecule has 1 heterocycles. The van der Waals surface area contributed by atoms with Gasteiger partial charge >= 0.3 is 6.18 Å². The van der Waals surface area contributed by atoms with Crippen molar-refractivity contribution in [3.05, 3.63) is 96.2 Å². The molecule has 4 rings (SSSR count). The van der Waals surface area contributed by atoms with E-state index in [2.05, 4.69) is 0 Å². The lowest BCUT2D eigenvalue weighted by Gasteiger charge is -2.15. The molecule has 8 heteroatoms. The second kappa shape index (κ2) is 8.70. The van der Waals surface area contributed by atoms with Crippen LogP contribution in [0.5, 0.6) is 0 Å². The highest BCUT2D eigenvalue weighted by Gasteiger charge is 2.34. The van der Waals surface area contributed by atoms with Gasteiger partial charge in [-0.2, -0.15) is 13.2 Å². The topological polar surface area (TPSA) is 59.3 Å². The third-order valence-electron chi connectivity index (χ3n) is 5.78. The Balaban J connectivity index is 1.84. The summed E-state index contributed by atoms with van der Waals surface area (Å²) in [7, 11) is -3.37. The van der Waals surface area contributed by atoms with E-state index in [9.17, 15) is 26.7 Å². The standard InChI is InChI=1S/C27H24F3NO3S/c1-26(2,32)20-16-25(23-9-4-5-10-24(23)27(28,29)30)31(17-20)21-13-11-18(12-14-21)19-7-6-8-22(15-19)35(3,33)34/h4-17,32H,1-3H3. The molecule has 0 atom stereocenters. The van der Waals surface area contributed by atoms with Gasteiger partial charge in [0.05, 0.1) is 21.8 Å². The van der Waals surface area contributed by atoms with Gasteiger partial charge in [0.2, 0.25) is 0 Å². The molecule has 3 aromatic carbocycles. The Morgan fingerprint density at radius 3 is 2.09 bits per heavy atom. The quantitative estimate of drug-likeness (QED) is 0.343. The molecule has 0 bridgehead atoms. The highest BCUT2D eigenvalue weighted by Crippen LogP contribution is 2.39. The Morgan fingerprint density at radius 2 is 1.49 bits per heavy atom. The summed E-state index contributed by atoms with van der Waals surface area (Å²) < 4.78 is 66.7. The largest absolute Gasteiger partial charge is 0.417 e. The summed E-state index contributed by atoms with van der Waals surface area (Å²) in [5, 5.41) is 10.5. The van der Waals surface area contributed by atoms with Gasteiger partial charge in [-0.15, -0.1) is 0 Å². The lowest BCUT2D eigenvalue weighted by molar-refractivity contribution is -0.137. The minimum Gasteiger partial charge on any atom is -0.386 e. The minimum atomic E-state index is -4.55. The molecule has 1 aromatic heterocycles. The van der Waals surface area contributed by atoms with E-state index in [0.717, 1.165) is 17.9 Å². The summed E-state index contributed by atoms with van der Waals surface area (Å²) in [5.74, 6) is 0. The van der Waals surface area contributed by atoms with Crippen molar-refractivity contribution in [3.8, 4) is 28.1 Å². The minimum absolute atomic E-state index is 0.000398. The van der Waals surface area contributed by atoms with E-state index in [1.54, 1.807) is 79.2 Å². The lowest BCUT2D eigenvalue weighted by atomic mass is 9.99. The van der Waals surface area contributed by atoms with Gasteiger partial charge in [0.25, 0.3) is 0 Å². The van der Waals surface area contributed by atoms with Crippen LogP contribution in [-0.4, -0.2) is 24.3 Å². The first kappa shape index (κ1) is 24.8. The number of alkyl halides is 3. The zero-order chi connectivity index (χ0) is 25.6. The van der Waals surface area contributed by atoms with Crippen molar-refractivity contribution >= 4 is 9.84 Å². The van der Waals surface area contributed by atoms with Crippen LogP contribution >= 0.6 is 0 Å². The highest BCUT2D eigenvalue weighted by atomic mass is 32.2. The van der Waals surface area contributed by atoms with Crippen LogP contribution in [0.25, 0.3) is 28.1 Å². The van der Waals surface area contributed by atoms with Gasteiger partial charge in [0.15, 0.2) is 9.84 Å². The molecule has 4 nitrogen and oxygen atoms in total. The van der Waals surface area contributed by atoms with Crippen molar-refractivity contribution in [2.45, 2.75) is 30.5 Å². The fourth-order valence-electron chi connectivity index (χ4n) is 3.89. The highest BCUT2D eigenvalue weighted by molar-refractivity contribution is 7.90. The van der Waals surface area contributed by atoms with Crippen molar-refractivity contribution in [1.29, 1.82) is 0 Å². The molecule has 4 aromatic rings. The first-order valence-electron chi connectivity index (χ1n) is 10.8. The fourth-order valence-corrected chi connectivity index (χ4v) is 4.56. The van der Waals surface area contributed by atoms with Crippen LogP contribution < -0.4 is 0 Å². The zero-order valence-electron chi connectivity index (χ0n) is 19.3. The predicted molar refractivity (Wildman–Crippen MR) is 130 cm³/mol. The SMILES string of the molecule is CC(C)(O)c1cc(-c2ccccc2C(F)(F)F)n(-c2ccc(-c3cccc(S(C)(=O)=O)c3)cc2)c1. The van der Waals surface area contributed by atoms with E-state index in [1.807, 2.05) is 0 Å². The third-order valence-corrected chi connectivity index (χ3v) is 6.89. The van der Waals surface area contributed by atoms with Crippen molar-refractivity contribution in [2.75, 3.05) is 6.26 Å². The monoisotopic (exact) mass is 499 g/mol. The Kier molecular flexibility index (Phi) is 6.15. The van der Waals surface area contributed by atoms with E-state index in [4.69, 9.17) is 0 Å². The number of hydrogen-bond donors (Lipinski definition) is 1. The van der Waals surface area contributed by atoms with Gasteiger partial charge in [0.1, 0.15) is 0 Å². The molecule has 0 unspecified atom stereocenters. The number of aromatic nitrogens is 1. The van der Waals surface area contributed by atoms with Gasteiger partial charge in [-0.3, -0.25) is 0 Å².